The summed E-state index contributed by atoms with van der Waals surface area (Å²) in [5, 5.41) is 0. The van der Waals surface area contributed by atoms with E-state index in [1.807, 2.05) is 0 Å². The van der Waals surface area contributed by atoms with Gasteiger partial charge in [-0.05, 0) is 100 Å². The van der Waals surface area contributed by atoms with E-state index in [0.29, 0.717) is 0 Å². The molecule has 0 aromatic heterocycles. The summed E-state index contributed by atoms with van der Waals surface area (Å²) in [4.78, 5) is 11.3. The molecule has 0 N–H and O–H groups in total. The van der Waals surface area contributed by atoms with Crippen molar-refractivity contribution in [2.75, 3.05) is 5.88 Å². The number of rotatable bonds is 8. The van der Waals surface area contributed by atoms with E-state index in [4.69, 9.17) is 16.3 Å². The predicted octanol–water partition coefficient (Wildman–Crippen LogP) is 7.69. The molecule has 0 saturated heterocycles. The standard InChI is InChI=1S/C26H43ClO2/c1-2-3-4-20-7-13-23(14-8-20)24-15-9-21(10-16-24)5-6-22-11-17-25(18-12-22)29-26(28)19-27/h3-4,20-25H,2,5-19H2,1H3/b4-3+. The van der Waals surface area contributed by atoms with Crippen LogP contribution >= 0.6 is 11.6 Å². The van der Waals surface area contributed by atoms with Crippen LogP contribution in [0.2, 0.25) is 0 Å². The Balaban J connectivity index is 1.27. The molecule has 0 aromatic carbocycles. The Morgan fingerprint density at radius 3 is 1.86 bits per heavy atom. The summed E-state index contributed by atoms with van der Waals surface area (Å²) < 4.78 is 5.40. The zero-order chi connectivity index (χ0) is 20.5. The van der Waals surface area contributed by atoms with Crippen LogP contribution in [-0.2, 0) is 9.53 Å². The molecule has 0 aliphatic heterocycles. The summed E-state index contributed by atoms with van der Waals surface area (Å²) in [5.41, 5.74) is 0. The molecule has 0 bridgehead atoms. The third-order valence-electron chi connectivity index (χ3n) is 8.20. The predicted molar refractivity (Wildman–Crippen MR) is 122 cm³/mol. The maximum atomic E-state index is 11.3. The highest BCUT2D eigenvalue weighted by Crippen LogP contribution is 2.43. The van der Waals surface area contributed by atoms with Crippen LogP contribution in [0.1, 0.15) is 103 Å². The summed E-state index contributed by atoms with van der Waals surface area (Å²) >= 11 is 5.54. The van der Waals surface area contributed by atoms with E-state index < -0.39 is 0 Å². The van der Waals surface area contributed by atoms with E-state index >= 15 is 0 Å². The van der Waals surface area contributed by atoms with Crippen molar-refractivity contribution in [2.24, 2.45) is 29.6 Å². The van der Waals surface area contributed by atoms with E-state index in [1.165, 1.54) is 83.5 Å². The molecule has 3 heteroatoms. The maximum absolute atomic E-state index is 11.3. The number of carbonyl (C=O) groups excluding carboxylic acids is 1. The molecular formula is C26H43ClO2. The second kappa shape index (κ2) is 12.4. The Hall–Kier alpha value is -0.500. The van der Waals surface area contributed by atoms with Crippen molar-refractivity contribution in [3.63, 3.8) is 0 Å². The van der Waals surface area contributed by atoms with Crippen LogP contribution in [-0.4, -0.2) is 18.0 Å². The van der Waals surface area contributed by atoms with Gasteiger partial charge in [-0.1, -0.05) is 44.8 Å². The molecule has 29 heavy (non-hydrogen) atoms. The minimum absolute atomic E-state index is 0.0139. The van der Waals surface area contributed by atoms with Crippen LogP contribution in [0.3, 0.4) is 0 Å². The molecule has 0 unspecified atom stereocenters. The van der Waals surface area contributed by atoms with Crippen molar-refractivity contribution in [1.82, 2.24) is 0 Å². The Kier molecular flexibility index (Phi) is 9.89. The van der Waals surface area contributed by atoms with Crippen LogP contribution in [0.25, 0.3) is 0 Å². The molecule has 3 saturated carbocycles. The van der Waals surface area contributed by atoms with Gasteiger partial charge in [0.25, 0.3) is 0 Å². The van der Waals surface area contributed by atoms with E-state index in [-0.39, 0.29) is 18.0 Å². The minimum atomic E-state index is -0.252. The second-order valence-corrected chi connectivity index (χ2v) is 10.4. The van der Waals surface area contributed by atoms with Crippen LogP contribution in [0.5, 0.6) is 0 Å². The minimum Gasteiger partial charge on any atom is -0.461 e. The monoisotopic (exact) mass is 422 g/mol. The fourth-order valence-corrected chi connectivity index (χ4v) is 6.38. The molecule has 3 fully saturated rings. The number of halogens is 1. The van der Waals surface area contributed by atoms with Crippen molar-refractivity contribution >= 4 is 17.6 Å². The summed E-state index contributed by atoms with van der Waals surface area (Å²) in [6.07, 6.45) is 25.3. The molecule has 166 valence electrons. The Morgan fingerprint density at radius 2 is 1.34 bits per heavy atom. The fraction of sp³-hybridized carbons (Fsp3) is 0.885. The molecular weight excluding hydrogens is 380 g/mol. The van der Waals surface area contributed by atoms with Crippen molar-refractivity contribution in [1.29, 1.82) is 0 Å². The molecule has 0 heterocycles. The van der Waals surface area contributed by atoms with Gasteiger partial charge in [0.1, 0.15) is 12.0 Å². The van der Waals surface area contributed by atoms with Gasteiger partial charge >= 0.3 is 5.97 Å². The largest absolute Gasteiger partial charge is 0.461 e. The zero-order valence-electron chi connectivity index (χ0n) is 18.6. The SMILES string of the molecule is CC/C=C/C1CCC(C2CCC(CCC3CCC(OC(=O)CCl)CC3)CC2)CC1. The number of esters is 1. The summed E-state index contributed by atoms with van der Waals surface area (Å²) in [6.45, 7) is 2.24. The number of ether oxygens (including phenoxy) is 1. The van der Waals surface area contributed by atoms with Crippen LogP contribution in [0, 0.1) is 29.6 Å². The number of hydrogen-bond acceptors (Lipinski definition) is 2. The average molecular weight is 423 g/mol. The molecule has 0 amide bonds. The van der Waals surface area contributed by atoms with Gasteiger partial charge in [-0.25, -0.2) is 0 Å². The third kappa shape index (κ3) is 7.60. The van der Waals surface area contributed by atoms with Crippen LogP contribution in [0.15, 0.2) is 12.2 Å². The zero-order valence-corrected chi connectivity index (χ0v) is 19.4. The van der Waals surface area contributed by atoms with Crippen LogP contribution < -0.4 is 0 Å². The van der Waals surface area contributed by atoms with Crippen molar-refractivity contribution < 1.29 is 9.53 Å². The van der Waals surface area contributed by atoms with Gasteiger partial charge in [0.05, 0.1) is 0 Å². The van der Waals surface area contributed by atoms with Gasteiger partial charge in [0.15, 0.2) is 0 Å². The summed E-state index contributed by atoms with van der Waals surface area (Å²) in [6, 6.07) is 0. The number of hydrogen-bond donors (Lipinski definition) is 0. The fourth-order valence-electron chi connectivity index (χ4n) is 6.31. The van der Waals surface area contributed by atoms with E-state index in [0.717, 1.165) is 42.4 Å². The Morgan fingerprint density at radius 1 is 0.828 bits per heavy atom. The van der Waals surface area contributed by atoms with Gasteiger partial charge in [-0.3, -0.25) is 4.79 Å². The first-order chi connectivity index (χ1) is 14.2. The molecule has 0 atom stereocenters. The third-order valence-corrected chi connectivity index (χ3v) is 8.42. The summed E-state index contributed by atoms with van der Waals surface area (Å²) in [7, 11) is 0. The molecule has 2 nitrogen and oxygen atoms in total. The first kappa shape index (κ1) is 23.2. The maximum Gasteiger partial charge on any atom is 0.321 e. The quantitative estimate of drug-likeness (QED) is 0.227. The Bertz CT molecular complexity index is 493. The van der Waals surface area contributed by atoms with E-state index in [9.17, 15) is 4.79 Å². The Labute approximate surface area is 184 Å². The number of carbonyl (C=O) groups is 1. The van der Waals surface area contributed by atoms with Crippen molar-refractivity contribution in [2.45, 2.75) is 109 Å². The smallest absolute Gasteiger partial charge is 0.321 e. The highest BCUT2D eigenvalue weighted by molar-refractivity contribution is 6.26. The van der Waals surface area contributed by atoms with Crippen molar-refractivity contribution in [3.05, 3.63) is 12.2 Å². The highest BCUT2D eigenvalue weighted by atomic mass is 35.5. The van der Waals surface area contributed by atoms with E-state index in [1.54, 1.807) is 0 Å². The van der Waals surface area contributed by atoms with E-state index in [2.05, 4.69) is 19.1 Å². The summed E-state index contributed by atoms with van der Waals surface area (Å²) in [5.74, 6) is 4.48. The first-order valence-corrected chi connectivity index (χ1v) is 13.1. The van der Waals surface area contributed by atoms with Crippen molar-refractivity contribution in [3.8, 4) is 0 Å². The molecule has 3 aliphatic carbocycles. The average Bonchev–Trinajstić information content (AvgIpc) is 2.78. The normalized spacial score (nSPS) is 36.2. The van der Waals surface area contributed by atoms with Gasteiger partial charge in [-0.15, -0.1) is 11.6 Å². The van der Waals surface area contributed by atoms with Gasteiger partial charge < -0.3 is 4.74 Å². The van der Waals surface area contributed by atoms with Gasteiger partial charge in [0.2, 0.25) is 0 Å². The lowest BCUT2D eigenvalue weighted by atomic mass is 9.68. The lowest BCUT2D eigenvalue weighted by Crippen LogP contribution is -2.26. The van der Waals surface area contributed by atoms with Crippen LogP contribution in [0.4, 0.5) is 0 Å². The topological polar surface area (TPSA) is 26.3 Å². The van der Waals surface area contributed by atoms with Gasteiger partial charge in [-0.2, -0.15) is 0 Å². The molecule has 3 aliphatic rings. The molecule has 0 radical (unpaired) electrons. The lowest BCUT2D eigenvalue weighted by molar-refractivity contribution is -0.147. The second-order valence-electron chi connectivity index (χ2n) is 10.1. The first-order valence-electron chi connectivity index (χ1n) is 12.6. The molecule has 0 spiro atoms. The van der Waals surface area contributed by atoms with Gasteiger partial charge in [0, 0.05) is 0 Å². The highest BCUT2D eigenvalue weighted by Gasteiger charge is 2.31. The number of alkyl halides is 1. The number of allylic oxidation sites excluding steroid dienone is 2. The molecule has 3 rings (SSSR count). The molecule has 0 aromatic rings. The lowest BCUT2D eigenvalue weighted by Gasteiger charge is -2.38.